The maximum absolute atomic E-state index is 2.71. The van der Waals surface area contributed by atoms with Crippen LogP contribution in [0, 0.1) is 0 Å². The molecule has 0 spiro atoms. The minimum absolute atomic E-state index is 1.18. The molecule has 0 atom stereocenters. The molecule has 148 valence electrons. The first-order valence-corrected chi connectivity index (χ1v) is 12.1. The maximum Gasteiger partial charge on any atom is 0.0127 e. The summed E-state index contributed by atoms with van der Waals surface area (Å²) in [5, 5.41) is 2.30. The molecule has 2 aromatic rings. The van der Waals surface area contributed by atoms with Crippen molar-refractivity contribution >= 4 is 16.9 Å². The molecule has 3 heterocycles. The smallest absolute Gasteiger partial charge is 0.0127 e. The van der Waals surface area contributed by atoms with E-state index in [4.69, 9.17) is 0 Å². The molecule has 3 heteroatoms. The number of likely N-dealkylation sites (tertiary alicyclic amines) is 2. The van der Waals surface area contributed by atoms with Crippen molar-refractivity contribution in [3.63, 3.8) is 0 Å². The highest BCUT2D eigenvalue weighted by atomic mass is 32.1. The summed E-state index contributed by atoms with van der Waals surface area (Å²) in [5.74, 6) is 0. The van der Waals surface area contributed by atoms with Gasteiger partial charge in [0.05, 0.1) is 0 Å². The van der Waals surface area contributed by atoms with Gasteiger partial charge in [0.2, 0.25) is 0 Å². The lowest BCUT2D eigenvalue weighted by Crippen LogP contribution is -2.33. The molecule has 5 rings (SSSR count). The number of hydrogen-bond donors (Lipinski definition) is 0. The van der Waals surface area contributed by atoms with E-state index in [0.29, 0.717) is 0 Å². The lowest BCUT2D eigenvalue weighted by molar-refractivity contribution is 0.233. The highest BCUT2D eigenvalue weighted by Crippen LogP contribution is 2.40. The van der Waals surface area contributed by atoms with Crippen LogP contribution in [0.2, 0.25) is 0 Å². The van der Waals surface area contributed by atoms with Gasteiger partial charge in [0.15, 0.2) is 0 Å². The van der Waals surface area contributed by atoms with E-state index in [-0.39, 0.29) is 0 Å². The summed E-state index contributed by atoms with van der Waals surface area (Å²) in [6, 6.07) is 11.5. The van der Waals surface area contributed by atoms with Gasteiger partial charge in [-0.15, -0.1) is 11.3 Å². The molecule has 1 aliphatic carbocycles. The van der Waals surface area contributed by atoms with E-state index >= 15 is 0 Å². The largest absolute Gasteiger partial charge is 0.303 e. The van der Waals surface area contributed by atoms with Crippen LogP contribution in [-0.4, -0.2) is 49.1 Å². The molecule has 0 N–H and O–H groups in total. The van der Waals surface area contributed by atoms with Crippen LogP contribution >= 0.6 is 11.3 Å². The highest BCUT2D eigenvalue weighted by molar-refractivity contribution is 7.10. The van der Waals surface area contributed by atoms with E-state index in [2.05, 4.69) is 45.5 Å². The SMILES string of the molecule is c1ccc2c(c1)CCc1sccc1C2=C1CCN(CCCN2CCCC2)CC1. The van der Waals surface area contributed by atoms with Crippen LogP contribution in [0.4, 0.5) is 0 Å². The Kier molecular flexibility index (Phi) is 5.66. The molecule has 0 radical (unpaired) electrons. The van der Waals surface area contributed by atoms with Crippen molar-refractivity contribution in [1.82, 2.24) is 9.80 Å². The summed E-state index contributed by atoms with van der Waals surface area (Å²) in [7, 11) is 0. The zero-order chi connectivity index (χ0) is 18.8. The predicted octanol–water partition coefficient (Wildman–Crippen LogP) is 5.23. The van der Waals surface area contributed by atoms with Crippen LogP contribution in [0.5, 0.6) is 0 Å². The summed E-state index contributed by atoms with van der Waals surface area (Å²) in [4.78, 5) is 6.95. The van der Waals surface area contributed by atoms with Crippen LogP contribution in [0.3, 0.4) is 0 Å². The fourth-order valence-corrected chi connectivity index (χ4v) is 6.22. The van der Waals surface area contributed by atoms with Crippen molar-refractivity contribution in [2.45, 2.75) is 44.9 Å². The molecule has 0 saturated carbocycles. The Labute approximate surface area is 173 Å². The predicted molar refractivity (Wildman–Crippen MR) is 120 cm³/mol. The van der Waals surface area contributed by atoms with E-state index < -0.39 is 0 Å². The molecule has 2 nitrogen and oxygen atoms in total. The van der Waals surface area contributed by atoms with Gasteiger partial charge >= 0.3 is 0 Å². The molecule has 2 fully saturated rings. The Morgan fingerprint density at radius 2 is 1.50 bits per heavy atom. The first kappa shape index (κ1) is 18.6. The molecule has 0 bridgehead atoms. The van der Waals surface area contributed by atoms with Gasteiger partial charge in [-0.05, 0) is 105 Å². The Morgan fingerprint density at radius 3 is 2.32 bits per heavy atom. The molecule has 0 amide bonds. The average Bonchev–Trinajstić information content (AvgIpc) is 3.39. The zero-order valence-electron chi connectivity index (χ0n) is 17.0. The van der Waals surface area contributed by atoms with Gasteiger partial charge in [-0.1, -0.05) is 29.8 Å². The summed E-state index contributed by atoms with van der Waals surface area (Å²) in [6.45, 7) is 7.72. The van der Waals surface area contributed by atoms with Gasteiger partial charge in [-0.3, -0.25) is 0 Å². The van der Waals surface area contributed by atoms with Gasteiger partial charge in [0.1, 0.15) is 0 Å². The van der Waals surface area contributed by atoms with E-state index in [1.807, 2.05) is 11.3 Å². The normalized spacial score (nSPS) is 20.9. The number of fused-ring (bicyclic) bond motifs is 2. The minimum Gasteiger partial charge on any atom is -0.303 e. The van der Waals surface area contributed by atoms with Crippen LogP contribution in [0.25, 0.3) is 5.57 Å². The summed E-state index contributed by atoms with van der Waals surface area (Å²) < 4.78 is 0. The second-order valence-corrected chi connectivity index (χ2v) is 9.64. The van der Waals surface area contributed by atoms with Crippen LogP contribution in [0.1, 0.15) is 53.7 Å². The fraction of sp³-hybridized carbons (Fsp3) is 0.520. The van der Waals surface area contributed by atoms with E-state index in [9.17, 15) is 0 Å². The number of nitrogens with zero attached hydrogens (tertiary/aromatic N) is 2. The Balaban J connectivity index is 1.31. The van der Waals surface area contributed by atoms with Crippen molar-refractivity contribution in [1.29, 1.82) is 0 Å². The van der Waals surface area contributed by atoms with Crippen LogP contribution in [0.15, 0.2) is 41.3 Å². The average molecular weight is 393 g/mol. The molecule has 0 unspecified atom stereocenters. The molecule has 1 aromatic carbocycles. The number of benzene rings is 1. The minimum atomic E-state index is 1.18. The molecule has 28 heavy (non-hydrogen) atoms. The van der Waals surface area contributed by atoms with Gasteiger partial charge in [-0.25, -0.2) is 0 Å². The highest BCUT2D eigenvalue weighted by Gasteiger charge is 2.24. The summed E-state index contributed by atoms with van der Waals surface area (Å²) in [6.07, 6.45) is 9.01. The Bertz CT molecular complexity index is 834. The topological polar surface area (TPSA) is 6.48 Å². The van der Waals surface area contributed by atoms with Gasteiger partial charge < -0.3 is 9.80 Å². The van der Waals surface area contributed by atoms with Gasteiger partial charge in [-0.2, -0.15) is 0 Å². The second-order valence-electron chi connectivity index (χ2n) is 8.64. The van der Waals surface area contributed by atoms with E-state index in [1.54, 1.807) is 21.6 Å². The molecule has 3 aliphatic rings. The standard InChI is InChI=1S/C25H32N2S/c1-2-7-22-20(6-1)8-9-24-23(12-19-28-24)25(22)21-10-17-27(18-11-21)16-5-15-26-13-3-4-14-26/h1-2,6-7,12,19H,3-5,8-11,13-18H2. The molecule has 1 aromatic heterocycles. The van der Waals surface area contributed by atoms with Crippen LogP contribution in [-0.2, 0) is 12.8 Å². The van der Waals surface area contributed by atoms with Gasteiger partial charge in [0.25, 0.3) is 0 Å². The fourth-order valence-electron chi connectivity index (χ4n) is 5.33. The summed E-state index contributed by atoms with van der Waals surface area (Å²) in [5.41, 5.74) is 7.87. The van der Waals surface area contributed by atoms with Crippen molar-refractivity contribution in [3.8, 4) is 0 Å². The Hall–Kier alpha value is -1.42. The number of hydrogen-bond acceptors (Lipinski definition) is 3. The van der Waals surface area contributed by atoms with Crippen molar-refractivity contribution in [3.05, 3.63) is 62.9 Å². The number of piperidine rings is 1. The monoisotopic (exact) mass is 392 g/mol. The quantitative estimate of drug-likeness (QED) is 0.703. The third-order valence-corrected chi connectivity index (χ3v) is 7.86. The van der Waals surface area contributed by atoms with Crippen LogP contribution < -0.4 is 0 Å². The number of rotatable bonds is 4. The van der Waals surface area contributed by atoms with Crippen molar-refractivity contribution in [2.75, 3.05) is 39.3 Å². The van der Waals surface area contributed by atoms with Crippen molar-refractivity contribution < 1.29 is 0 Å². The van der Waals surface area contributed by atoms with Crippen molar-refractivity contribution in [2.24, 2.45) is 0 Å². The first-order valence-electron chi connectivity index (χ1n) is 11.2. The Morgan fingerprint density at radius 1 is 0.750 bits per heavy atom. The van der Waals surface area contributed by atoms with E-state index in [0.717, 1.165) is 0 Å². The second kappa shape index (κ2) is 8.52. The third-order valence-electron chi connectivity index (χ3n) is 6.88. The zero-order valence-corrected chi connectivity index (χ0v) is 17.8. The first-order chi connectivity index (χ1) is 13.9. The number of thiophene rings is 1. The number of aryl methyl sites for hydroxylation is 2. The lowest BCUT2D eigenvalue weighted by atomic mass is 9.87. The van der Waals surface area contributed by atoms with E-state index in [1.165, 1.54) is 95.3 Å². The third kappa shape index (κ3) is 3.85. The molecular weight excluding hydrogens is 360 g/mol. The summed E-state index contributed by atoms with van der Waals surface area (Å²) >= 11 is 1.95. The lowest BCUT2D eigenvalue weighted by Gasteiger charge is -2.30. The molecular formula is C25H32N2S. The molecule has 2 saturated heterocycles. The maximum atomic E-state index is 2.71. The van der Waals surface area contributed by atoms with Gasteiger partial charge in [0, 0.05) is 18.0 Å². The molecule has 2 aliphatic heterocycles.